The Labute approximate surface area is 124 Å². The van der Waals surface area contributed by atoms with Gasteiger partial charge in [-0.05, 0) is 28.1 Å². The summed E-state index contributed by atoms with van der Waals surface area (Å²) in [5, 5.41) is 11.4. The minimum Gasteiger partial charge on any atom is -0.478 e. The van der Waals surface area contributed by atoms with Crippen molar-refractivity contribution < 1.29 is 22.7 Å². The van der Waals surface area contributed by atoms with E-state index < -0.39 is 21.8 Å². The van der Waals surface area contributed by atoms with Gasteiger partial charge in [-0.25, -0.2) is 22.3 Å². The summed E-state index contributed by atoms with van der Waals surface area (Å²) in [6, 6.07) is 2.49. The highest BCUT2D eigenvalue weighted by atomic mass is 79.9. The van der Waals surface area contributed by atoms with Crippen molar-refractivity contribution >= 4 is 37.6 Å². The number of carbonyl (C=O) groups is 1. The summed E-state index contributed by atoms with van der Waals surface area (Å²) in [7, 11) is -3.39. The van der Waals surface area contributed by atoms with Gasteiger partial charge in [0.2, 0.25) is 10.0 Å². The van der Waals surface area contributed by atoms with E-state index in [1.54, 1.807) is 6.92 Å². The molecular weight excluding hydrogens is 355 g/mol. The van der Waals surface area contributed by atoms with Gasteiger partial charge in [0.05, 0.1) is 21.5 Å². The van der Waals surface area contributed by atoms with Crippen LogP contribution in [0.25, 0.3) is 0 Å². The van der Waals surface area contributed by atoms with E-state index in [1.165, 1.54) is 12.1 Å². The Hall–Kier alpha value is -1.19. The van der Waals surface area contributed by atoms with Crippen LogP contribution in [0.5, 0.6) is 0 Å². The lowest BCUT2D eigenvalue weighted by molar-refractivity contribution is 0.0695. The van der Waals surface area contributed by atoms with Crippen molar-refractivity contribution in [1.82, 2.24) is 4.72 Å². The van der Waals surface area contributed by atoms with E-state index in [-0.39, 0.29) is 34.6 Å². The van der Waals surface area contributed by atoms with Crippen LogP contribution in [-0.4, -0.2) is 38.3 Å². The Bertz CT molecular complexity index is 607. The maximum absolute atomic E-state index is 13.9. The molecule has 0 saturated carbocycles. The smallest absolute Gasteiger partial charge is 0.336 e. The molecule has 0 aliphatic rings. The first-order valence-corrected chi connectivity index (χ1v) is 8.15. The molecule has 0 unspecified atom stereocenters. The largest absolute Gasteiger partial charge is 0.478 e. The Morgan fingerprint density at radius 3 is 2.65 bits per heavy atom. The van der Waals surface area contributed by atoms with Crippen molar-refractivity contribution in [2.45, 2.75) is 6.92 Å². The average Bonchev–Trinajstić information content (AvgIpc) is 2.34. The van der Waals surface area contributed by atoms with Gasteiger partial charge < -0.3 is 10.4 Å². The number of carboxylic acid groups (broad SMARTS) is 1. The number of carboxylic acids is 1. The summed E-state index contributed by atoms with van der Waals surface area (Å²) in [6.07, 6.45) is 0. The third-order valence-electron chi connectivity index (χ3n) is 2.36. The van der Waals surface area contributed by atoms with Crippen LogP contribution in [0.1, 0.15) is 17.3 Å². The molecule has 0 heterocycles. The second-order valence-electron chi connectivity index (χ2n) is 3.84. The lowest BCUT2D eigenvalue weighted by Crippen LogP contribution is -2.29. The van der Waals surface area contributed by atoms with Gasteiger partial charge in [-0.2, -0.15) is 0 Å². The van der Waals surface area contributed by atoms with Gasteiger partial charge in [0.15, 0.2) is 5.82 Å². The molecule has 0 aliphatic carbocycles. The van der Waals surface area contributed by atoms with Gasteiger partial charge in [0, 0.05) is 13.1 Å². The minimum absolute atomic E-state index is 0.00507. The lowest BCUT2D eigenvalue weighted by atomic mass is 10.2. The molecule has 1 aromatic rings. The Kier molecular flexibility index (Phi) is 5.90. The van der Waals surface area contributed by atoms with Gasteiger partial charge in [0.25, 0.3) is 0 Å². The number of sulfonamides is 1. The number of hydrogen-bond donors (Lipinski definition) is 3. The molecule has 0 saturated heterocycles. The van der Waals surface area contributed by atoms with Crippen LogP contribution in [0.3, 0.4) is 0 Å². The molecule has 0 aliphatic heterocycles. The molecule has 6 nitrogen and oxygen atoms in total. The van der Waals surface area contributed by atoms with Crippen molar-refractivity contribution in [1.29, 1.82) is 0 Å². The molecule has 1 aromatic carbocycles. The third kappa shape index (κ3) is 4.43. The number of hydrogen-bond acceptors (Lipinski definition) is 4. The fraction of sp³-hybridized carbons (Fsp3) is 0.364. The average molecular weight is 369 g/mol. The van der Waals surface area contributed by atoms with Crippen molar-refractivity contribution in [2.75, 3.05) is 24.2 Å². The van der Waals surface area contributed by atoms with Crippen LogP contribution in [0.2, 0.25) is 0 Å². The molecule has 0 bridgehead atoms. The lowest BCUT2D eigenvalue weighted by Gasteiger charge is -2.10. The fourth-order valence-electron chi connectivity index (χ4n) is 1.46. The molecular formula is C11H14BrFN2O4S. The molecule has 1 rings (SSSR count). The SMILES string of the molecule is CCNS(=O)(=O)CCNc1ccc(C(=O)O)c(Br)c1F. The molecule has 0 amide bonds. The summed E-state index contributed by atoms with van der Waals surface area (Å²) in [6.45, 7) is 1.95. The highest BCUT2D eigenvalue weighted by Crippen LogP contribution is 2.26. The monoisotopic (exact) mass is 368 g/mol. The second-order valence-corrected chi connectivity index (χ2v) is 6.56. The molecule has 0 aromatic heterocycles. The molecule has 20 heavy (non-hydrogen) atoms. The fourth-order valence-corrected chi connectivity index (χ4v) is 2.93. The normalized spacial score (nSPS) is 11.3. The van der Waals surface area contributed by atoms with Crippen molar-refractivity contribution in [3.05, 3.63) is 28.0 Å². The van der Waals surface area contributed by atoms with E-state index in [0.29, 0.717) is 0 Å². The molecule has 0 spiro atoms. The van der Waals surface area contributed by atoms with Gasteiger partial charge >= 0.3 is 5.97 Å². The summed E-state index contributed by atoms with van der Waals surface area (Å²) < 4.78 is 38.8. The van der Waals surface area contributed by atoms with Crippen LogP contribution in [0.15, 0.2) is 16.6 Å². The standard InChI is InChI=1S/C11H14BrFN2O4S/c1-2-15-20(18,19)6-5-14-8-4-3-7(11(16)17)9(12)10(8)13/h3-4,14-15H,2,5-6H2,1H3,(H,16,17). The quantitative estimate of drug-likeness (QED) is 0.679. The zero-order valence-electron chi connectivity index (χ0n) is 10.6. The van der Waals surface area contributed by atoms with Gasteiger partial charge in [-0.1, -0.05) is 6.92 Å². The third-order valence-corrected chi connectivity index (χ3v) is 4.61. The minimum atomic E-state index is -3.39. The Morgan fingerprint density at radius 1 is 1.45 bits per heavy atom. The number of benzene rings is 1. The van der Waals surface area contributed by atoms with E-state index in [0.717, 1.165) is 0 Å². The Morgan fingerprint density at radius 2 is 2.10 bits per heavy atom. The molecule has 9 heteroatoms. The Balaban J connectivity index is 2.76. The zero-order chi connectivity index (χ0) is 15.3. The molecule has 0 fully saturated rings. The van der Waals surface area contributed by atoms with Crippen LogP contribution in [0.4, 0.5) is 10.1 Å². The first-order chi connectivity index (χ1) is 9.28. The predicted octanol–water partition coefficient (Wildman–Crippen LogP) is 1.64. The van der Waals surface area contributed by atoms with Crippen LogP contribution < -0.4 is 10.0 Å². The van der Waals surface area contributed by atoms with Gasteiger partial charge in [-0.3, -0.25) is 0 Å². The van der Waals surface area contributed by atoms with Crippen LogP contribution >= 0.6 is 15.9 Å². The van der Waals surface area contributed by atoms with E-state index >= 15 is 0 Å². The number of halogens is 2. The maximum atomic E-state index is 13.9. The van der Waals surface area contributed by atoms with E-state index in [9.17, 15) is 17.6 Å². The number of aromatic carboxylic acids is 1. The molecule has 112 valence electrons. The predicted molar refractivity (Wildman–Crippen MR) is 77.0 cm³/mol. The number of nitrogens with one attached hydrogen (secondary N) is 2. The molecule has 0 radical (unpaired) electrons. The van der Waals surface area contributed by atoms with E-state index in [2.05, 4.69) is 26.0 Å². The number of anilines is 1. The highest BCUT2D eigenvalue weighted by Gasteiger charge is 2.16. The van der Waals surface area contributed by atoms with Crippen LogP contribution in [0, 0.1) is 5.82 Å². The summed E-state index contributed by atoms with van der Waals surface area (Å²) in [5.41, 5.74) is -0.165. The van der Waals surface area contributed by atoms with Gasteiger partial charge in [0.1, 0.15) is 0 Å². The highest BCUT2D eigenvalue weighted by molar-refractivity contribution is 9.10. The first kappa shape index (κ1) is 16.9. The zero-order valence-corrected chi connectivity index (χ0v) is 13.0. The summed E-state index contributed by atoms with van der Waals surface area (Å²) >= 11 is 2.86. The van der Waals surface area contributed by atoms with Crippen molar-refractivity contribution in [2.24, 2.45) is 0 Å². The topological polar surface area (TPSA) is 95.5 Å². The molecule has 0 atom stereocenters. The van der Waals surface area contributed by atoms with Crippen molar-refractivity contribution in [3.8, 4) is 0 Å². The summed E-state index contributed by atoms with van der Waals surface area (Å²) in [4.78, 5) is 10.8. The second kappa shape index (κ2) is 7.00. The maximum Gasteiger partial charge on any atom is 0.336 e. The number of rotatable bonds is 7. The van der Waals surface area contributed by atoms with E-state index in [4.69, 9.17) is 5.11 Å². The molecule has 3 N–H and O–H groups in total. The van der Waals surface area contributed by atoms with Crippen LogP contribution in [-0.2, 0) is 10.0 Å². The van der Waals surface area contributed by atoms with Crippen molar-refractivity contribution in [3.63, 3.8) is 0 Å². The first-order valence-electron chi connectivity index (χ1n) is 5.71. The van der Waals surface area contributed by atoms with Gasteiger partial charge in [-0.15, -0.1) is 0 Å². The summed E-state index contributed by atoms with van der Waals surface area (Å²) in [5.74, 6) is -2.23. The van der Waals surface area contributed by atoms with E-state index in [1.807, 2.05) is 0 Å².